The first-order valence-corrected chi connectivity index (χ1v) is 9.38. The van der Waals surface area contributed by atoms with Crippen LogP contribution >= 0.6 is 23.2 Å². The molecule has 0 radical (unpaired) electrons. The Bertz CT molecular complexity index is 1120. The molecule has 0 aliphatic carbocycles. The predicted molar refractivity (Wildman–Crippen MR) is 107 cm³/mol. The normalized spacial score (nSPS) is 15.9. The van der Waals surface area contributed by atoms with Crippen molar-refractivity contribution in [3.8, 4) is 0 Å². The van der Waals surface area contributed by atoms with Crippen molar-refractivity contribution in [2.45, 2.75) is 13.0 Å². The molecule has 3 aromatic rings. The van der Waals surface area contributed by atoms with E-state index in [1.54, 1.807) is 18.2 Å². The van der Waals surface area contributed by atoms with Crippen molar-refractivity contribution >= 4 is 46.5 Å². The number of carbonyl (C=O) groups excluding carboxylic acids is 2. The number of halogens is 3. The second-order valence-electron chi connectivity index (χ2n) is 6.53. The molecular weight excluding hydrogens is 420 g/mol. The number of pyridine rings is 1. The number of fused-ring (bicyclic) bond motifs is 1. The topological polar surface area (TPSA) is 80.1 Å². The number of hydrogen-bond acceptors (Lipinski definition) is 4. The zero-order valence-corrected chi connectivity index (χ0v) is 16.6. The van der Waals surface area contributed by atoms with Gasteiger partial charge in [-0.15, -0.1) is 0 Å². The van der Waals surface area contributed by atoms with Gasteiger partial charge in [0.25, 0.3) is 11.8 Å². The minimum Gasteiger partial charge on any atom is -0.306 e. The molecule has 29 heavy (non-hydrogen) atoms. The molecule has 2 amide bonds. The van der Waals surface area contributed by atoms with Crippen LogP contribution in [-0.2, 0) is 0 Å². The average Bonchev–Trinajstić information content (AvgIpc) is 3.15. The number of hydrogen-bond donors (Lipinski definition) is 1. The Balaban J connectivity index is 1.67. The Morgan fingerprint density at radius 3 is 2.69 bits per heavy atom. The van der Waals surface area contributed by atoms with Gasteiger partial charge in [0.05, 0.1) is 34.0 Å². The number of carbonyl (C=O) groups is 2. The summed E-state index contributed by atoms with van der Waals surface area (Å²) in [7, 11) is 0. The van der Waals surface area contributed by atoms with E-state index in [0.29, 0.717) is 22.3 Å². The van der Waals surface area contributed by atoms with Crippen LogP contribution in [0.1, 0.15) is 33.8 Å². The number of nitrogens with zero attached hydrogens (tertiary/aromatic N) is 4. The molecule has 1 atom stereocenters. The van der Waals surface area contributed by atoms with Gasteiger partial charge in [0.1, 0.15) is 17.3 Å². The maximum atomic E-state index is 13.2. The lowest BCUT2D eigenvalue weighted by Crippen LogP contribution is -2.43. The van der Waals surface area contributed by atoms with Crippen LogP contribution < -0.4 is 10.2 Å². The van der Waals surface area contributed by atoms with E-state index in [0.717, 1.165) is 6.20 Å². The van der Waals surface area contributed by atoms with Gasteiger partial charge in [-0.2, -0.15) is 5.10 Å². The molecule has 7 nitrogen and oxygen atoms in total. The highest BCUT2D eigenvalue weighted by Gasteiger charge is 2.35. The molecule has 0 spiro atoms. The van der Waals surface area contributed by atoms with E-state index >= 15 is 0 Å². The van der Waals surface area contributed by atoms with E-state index in [2.05, 4.69) is 15.4 Å². The highest BCUT2D eigenvalue weighted by atomic mass is 35.5. The van der Waals surface area contributed by atoms with Crippen LogP contribution in [0.4, 0.5) is 15.9 Å². The molecule has 1 N–H and O–H groups in total. The van der Waals surface area contributed by atoms with Crippen LogP contribution in [0.15, 0.2) is 42.7 Å². The molecule has 2 aromatic heterocycles. The Kier molecular flexibility index (Phi) is 4.97. The van der Waals surface area contributed by atoms with Gasteiger partial charge in [-0.25, -0.2) is 9.37 Å². The third-order valence-electron chi connectivity index (χ3n) is 4.54. The van der Waals surface area contributed by atoms with Crippen molar-refractivity contribution in [2.24, 2.45) is 0 Å². The van der Waals surface area contributed by atoms with Crippen LogP contribution in [-0.4, -0.2) is 33.1 Å². The first-order chi connectivity index (χ1) is 13.8. The number of nitrogens with one attached hydrogen (secondary N) is 1. The van der Waals surface area contributed by atoms with Gasteiger partial charge in [0, 0.05) is 12.2 Å². The summed E-state index contributed by atoms with van der Waals surface area (Å²) < 4.78 is 14.5. The molecule has 1 aromatic carbocycles. The fourth-order valence-corrected chi connectivity index (χ4v) is 3.43. The van der Waals surface area contributed by atoms with Crippen molar-refractivity contribution in [1.82, 2.24) is 14.8 Å². The van der Waals surface area contributed by atoms with E-state index < -0.39 is 17.6 Å². The van der Waals surface area contributed by atoms with Crippen molar-refractivity contribution < 1.29 is 14.0 Å². The van der Waals surface area contributed by atoms with E-state index in [1.165, 1.54) is 27.9 Å². The quantitative estimate of drug-likeness (QED) is 0.670. The van der Waals surface area contributed by atoms with Crippen molar-refractivity contribution in [1.29, 1.82) is 0 Å². The summed E-state index contributed by atoms with van der Waals surface area (Å²) in [5, 5.41) is 7.46. The molecular formula is C19H14Cl2FN5O2. The fourth-order valence-electron chi connectivity index (χ4n) is 3.14. The minimum absolute atomic E-state index is 0.0951. The number of amides is 2. The molecule has 1 aliphatic heterocycles. The van der Waals surface area contributed by atoms with Crippen molar-refractivity contribution in [2.75, 3.05) is 16.8 Å². The Morgan fingerprint density at radius 2 is 2.00 bits per heavy atom. The Morgan fingerprint density at radius 1 is 1.21 bits per heavy atom. The number of rotatable bonds is 3. The molecule has 0 bridgehead atoms. The van der Waals surface area contributed by atoms with Crippen LogP contribution in [0.2, 0.25) is 10.0 Å². The summed E-state index contributed by atoms with van der Waals surface area (Å²) in [6.45, 7) is 2.24. The summed E-state index contributed by atoms with van der Waals surface area (Å²) in [6, 6.07) is 7.22. The molecule has 3 heterocycles. The summed E-state index contributed by atoms with van der Waals surface area (Å²) >= 11 is 12.1. The minimum atomic E-state index is -0.568. The van der Waals surface area contributed by atoms with Gasteiger partial charge in [-0.3, -0.25) is 14.3 Å². The number of anilines is 2. The predicted octanol–water partition coefficient (Wildman–Crippen LogP) is 4.20. The Hall–Kier alpha value is -2.97. The lowest BCUT2D eigenvalue weighted by molar-refractivity contribution is 0.0939. The first kappa shape index (κ1) is 19.4. The van der Waals surface area contributed by atoms with E-state index in [4.69, 9.17) is 23.2 Å². The maximum Gasteiger partial charge on any atom is 0.277 e. The molecule has 4 rings (SSSR count). The molecule has 0 fully saturated rings. The van der Waals surface area contributed by atoms with Gasteiger partial charge in [-0.05, 0) is 37.3 Å². The van der Waals surface area contributed by atoms with E-state index in [-0.39, 0.29) is 23.1 Å². The Labute approximate surface area is 175 Å². The second-order valence-corrected chi connectivity index (χ2v) is 7.34. The summed E-state index contributed by atoms with van der Waals surface area (Å²) in [5.74, 6) is -1.32. The number of aromatic nitrogens is 3. The van der Waals surface area contributed by atoms with E-state index in [9.17, 15) is 14.0 Å². The standard InChI is InChI=1S/C19H14Cl2FN5O2/c1-10-9-26(12-3-4-14(20)15(21)6-12)19(29)17-13(8-24-27(10)17)18(28)25-16-5-2-11(22)7-23-16/h2-8,10H,9H2,1H3,(H,23,25,28)/t10-/m0/s1. The van der Waals surface area contributed by atoms with Gasteiger partial charge >= 0.3 is 0 Å². The fraction of sp³-hybridized carbons (Fsp3) is 0.158. The van der Waals surface area contributed by atoms with Gasteiger partial charge in [0.2, 0.25) is 0 Å². The lowest BCUT2D eigenvalue weighted by Gasteiger charge is -2.32. The third-order valence-corrected chi connectivity index (χ3v) is 5.27. The zero-order valence-electron chi connectivity index (χ0n) is 15.1. The highest BCUT2D eigenvalue weighted by molar-refractivity contribution is 6.42. The van der Waals surface area contributed by atoms with Gasteiger partial charge in [-0.1, -0.05) is 23.2 Å². The lowest BCUT2D eigenvalue weighted by atomic mass is 10.1. The SMILES string of the molecule is C[C@H]1CN(c2ccc(Cl)c(Cl)c2)C(=O)c2c(C(=O)Nc3ccc(F)cn3)cnn21. The van der Waals surface area contributed by atoms with Crippen LogP contribution in [0, 0.1) is 5.82 Å². The monoisotopic (exact) mass is 433 g/mol. The molecule has 148 valence electrons. The van der Waals surface area contributed by atoms with Crippen LogP contribution in [0.3, 0.4) is 0 Å². The highest BCUT2D eigenvalue weighted by Crippen LogP contribution is 2.32. The summed E-state index contributed by atoms with van der Waals surface area (Å²) in [5.41, 5.74) is 0.808. The molecule has 0 saturated carbocycles. The zero-order chi connectivity index (χ0) is 20.7. The summed E-state index contributed by atoms with van der Waals surface area (Å²) in [6.07, 6.45) is 2.32. The average molecular weight is 434 g/mol. The summed E-state index contributed by atoms with van der Waals surface area (Å²) in [4.78, 5) is 31.2. The molecule has 1 aliphatic rings. The van der Waals surface area contributed by atoms with Crippen molar-refractivity contribution in [3.05, 3.63) is 69.8 Å². The second kappa shape index (κ2) is 7.46. The van der Waals surface area contributed by atoms with Crippen LogP contribution in [0.5, 0.6) is 0 Å². The third kappa shape index (κ3) is 3.56. The maximum absolute atomic E-state index is 13.2. The van der Waals surface area contributed by atoms with E-state index in [1.807, 2.05) is 6.92 Å². The number of benzene rings is 1. The molecule has 0 unspecified atom stereocenters. The largest absolute Gasteiger partial charge is 0.306 e. The first-order valence-electron chi connectivity index (χ1n) is 8.62. The molecule has 0 saturated heterocycles. The van der Waals surface area contributed by atoms with Gasteiger partial charge in [0.15, 0.2) is 0 Å². The van der Waals surface area contributed by atoms with Crippen LogP contribution in [0.25, 0.3) is 0 Å². The van der Waals surface area contributed by atoms with Gasteiger partial charge < -0.3 is 10.2 Å². The molecule has 10 heteroatoms. The van der Waals surface area contributed by atoms with Crippen molar-refractivity contribution in [3.63, 3.8) is 0 Å². The smallest absolute Gasteiger partial charge is 0.277 e.